The standard InChI is InChI=1S/C27H32N4O4/c1-27(19-30(26(34)18-35-27)15-20-7-3-2-4-8-20)21-11-13-29(14-12-21)17-25(33)31-16-24(32)28-22-9-5-6-10-23(22)31/h2-10,21H,11-19H2,1H3,(H,28,32)/t27-/m0/s1. The van der Waals surface area contributed by atoms with E-state index >= 15 is 0 Å². The predicted molar refractivity (Wildman–Crippen MR) is 133 cm³/mol. The van der Waals surface area contributed by atoms with Gasteiger partial charge in [-0.1, -0.05) is 42.5 Å². The van der Waals surface area contributed by atoms with Crippen molar-refractivity contribution >= 4 is 29.1 Å². The average Bonchev–Trinajstić information content (AvgIpc) is 2.87. The van der Waals surface area contributed by atoms with E-state index in [0.717, 1.165) is 37.2 Å². The Balaban J connectivity index is 1.18. The first-order chi connectivity index (χ1) is 16.9. The number of likely N-dealkylation sites (tertiary alicyclic amines) is 1. The summed E-state index contributed by atoms with van der Waals surface area (Å²) >= 11 is 0. The molecule has 2 saturated heterocycles. The van der Waals surface area contributed by atoms with Crippen LogP contribution in [-0.4, -0.2) is 72.5 Å². The van der Waals surface area contributed by atoms with Crippen LogP contribution in [0.15, 0.2) is 54.6 Å². The van der Waals surface area contributed by atoms with Gasteiger partial charge in [0.1, 0.15) is 13.2 Å². The van der Waals surface area contributed by atoms with Gasteiger partial charge in [-0.3, -0.25) is 24.2 Å². The van der Waals surface area contributed by atoms with Gasteiger partial charge in [-0.05, 0) is 56.5 Å². The van der Waals surface area contributed by atoms with Gasteiger partial charge in [-0.2, -0.15) is 0 Å². The second-order valence-electron chi connectivity index (χ2n) is 9.93. The number of carbonyl (C=O) groups excluding carboxylic acids is 3. The molecule has 0 saturated carbocycles. The lowest BCUT2D eigenvalue weighted by atomic mass is 9.80. The van der Waals surface area contributed by atoms with E-state index in [9.17, 15) is 14.4 Å². The molecule has 1 atom stereocenters. The van der Waals surface area contributed by atoms with Crippen molar-refractivity contribution < 1.29 is 19.1 Å². The van der Waals surface area contributed by atoms with E-state index in [1.165, 1.54) is 0 Å². The number of fused-ring (bicyclic) bond motifs is 1. The molecule has 0 spiro atoms. The highest BCUT2D eigenvalue weighted by molar-refractivity contribution is 6.10. The first kappa shape index (κ1) is 23.5. The second-order valence-corrected chi connectivity index (χ2v) is 9.93. The van der Waals surface area contributed by atoms with Crippen LogP contribution in [0.4, 0.5) is 11.4 Å². The molecular formula is C27H32N4O4. The monoisotopic (exact) mass is 476 g/mol. The molecule has 0 aromatic heterocycles. The zero-order valence-electron chi connectivity index (χ0n) is 20.1. The molecule has 2 fully saturated rings. The molecule has 2 aromatic rings. The van der Waals surface area contributed by atoms with Crippen molar-refractivity contribution in [3.63, 3.8) is 0 Å². The fourth-order valence-electron chi connectivity index (χ4n) is 5.46. The minimum absolute atomic E-state index is 0.0280. The molecule has 0 radical (unpaired) electrons. The van der Waals surface area contributed by atoms with Crippen molar-refractivity contribution in [3.05, 3.63) is 60.2 Å². The summed E-state index contributed by atoms with van der Waals surface area (Å²) in [6.07, 6.45) is 1.79. The number of rotatable bonds is 5. The number of amides is 3. The van der Waals surface area contributed by atoms with E-state index in [4.69, 9.17) is 4.74 Å². The summed E-state index contributed by atoms with van der Waals surface area (Å²) in [5.74, 6) is 0.0974. The number of para-hydroxylation sites is 2. The second kappa shape index (κ2) is 9.79. The first-order valence-electron chi connectivity index (χ1n) is 12.3. The van der Waals surface area contributed by atoms with Crippen LogP contribution in [0, 0.1) is 5.92 Å². The minimum atomic E-state index is -0.400. The van der Waals surface area contributed by atoms with Gasteiger partial charge >= 0.3 is 0 Å². The van der Waals surface area contributed by atoms with Crippen LogP contribution in [0.2, 0.25) is 0 Å². The summed E-state index contributed by atoms with van der Waals surface area (Å²) < 4.78 is 6.12. The number of nitrogens with one attached hydrogen (secondary N) is 1. The van der Waals surface area contributed by atoms with Gasteiger partial charge in [0, 0.05) is 6.54 Å². The Hall–Kier alpha value is -3.23. The molecule has 3 amide bonds. The molecule has 3 heterocycles. The Bertz CT molecular complexity index is 1100. The summed E-state index contributed by atoms with van der Waals surface area (Å²) in [5, 5.41) is 2.83. The number of piperidine rings is 1. The van der Waals surface area contributed by atoms with E-state index in [2.05, 4.69) is 17.1 Å². The Kier molecular flexibility index (Phi) is 6.58. The lowest BCUT2D eigenvalue weighted by Gasteiger charge is -2.47. The molecule has 0 unspecified atom stereocenters. The van der Waals surface area contributed by atoms with Gasteiger partial charge in [-0.15, -0.1) is 0 Å². The van der Waals surface area contributed by atoms with E-state index in [1.54, 1.807) is 4.90 Å². The molecule has 8 nitrogen and oxygen atoms in total. The van der Waals surface area contributed by atoms with Gasteiger partial charge in [0.2, 0.25) is 17.7 Å². The third-order valence-corrected chi connectivity index (χ3v) is 7.48. The van der Waals surface area contributed by atoms with Gasteiger partial charge in [0.15, 0.2) is 0 Å². The molecule has 3 aliphatic heterocycles. The van der Waals surface area contributed by atoms with Crippen LogP contribution in [0.1, 0.15) is 25.3 Å². The van der Waals surface area contributed by atoms with Crippen molar-refractivity contribution in [1.82, 2.24) is 9.80 Å². The van der Waals surface area contributed by atoms with Crippen LogP contribution in [0.5, 0.6) is 0 Å². The molecule has 8 heteroatoms. The van der Waals surface area contributed by atoms with E-state index in [1.807, 2.05) is 59.5 Å². The maximum Gasteiger partial charge on any atom is 0.248 e. The number of hydrogen-bond acceptors (Lipinski definition) is 5. The van der Waals surface area contributed by atoms with E-state index in [0.29, 0.717) is 24.7 Å². The number of hydrogen-bond donors (Lipinski definition) is 1. The van der Waals surface area contributed by atoms with Crippen molar-refractivity contribution in [2.24, 2.45) is 5.92 Å². The minimum Gasteiger partial charge on any atom is -0.363 e. The predicted octanol–water partition coefficient (Wildman–Crippen LogP) is 2.50. The van der Waals surface area contributed by atoms with Crippen molar-refractivity contribution in [2.75, 3.05) is 49.5 Å². The lowest BCUT2D eigenvalue weighted by molar-refractivity contribution is -0.174. The number of anilines is 2. The van der Waals surface area contributed by atoms with Crippen LogP contribution in [0.25, 0.3) is 0 Å². The highest BCUT2D eigenvalue weighted by Gasteiger charge is 2.43. The summed E-state index contributed by atoms with van der Waals surface area (Å²) in [6, 6.07) is 17.4. The largest absolute Gasteiger partial charge is 0.363 e. The first-order valence-corrected chi connectivity index (χ1v) is 12.3. The lowest BCUT2D eigenvalue weighted by Crippen LogP contribution is -2.58. The average molecular weight is 477 g/mol. The number of ether oxygens (including phenoxy) is 1. The topological polar surface area (TPSA) is 82.2 Å². The van der Waals surface area contributed by atoms with Crippen LogP contribution in [0.3, 0.4) is 0 Å². The quantitative estimate of drug-likeness (QED) is 0.717. The fourth-order valence-corrected chi connectivity index (χ4v) is 5.46. The zero-order chi connectivity index (χ0) is 24.4. The van der Waals surface area contributed by atoms with E-state index in [-0.39, 0.29) is 37.4 Å². The molecule has 5 rings (SSSR count). The number of carbonyl (C=O) groups is 3. The van der Waals surface area contributed by atoms with Crippen molar-refractivity contribution in [3.8, 4) is 0 Å². The summed E-state index contributed by atoms with van der Waals surface area (Å²) in [6.45, 7) is 5.28. The van der Waals surface area contributed by atoms with Gasteiger partial charge in [-0.25, -0.2) is 0 Å². The third-order valence-electron chi connectivity index (χ3n) is 7.48. The Morgan fingerprint density at radius 2 is 1.77 bits per heavy atom. The Labute approximate surface area is 205 Å². The highest BCUT2D eigenvalue weighted by atomic mass is 16.5. The van der Waals surface area contributed by atoms with Crippen LogP contribution < -0.4 is 10.2 Å². The molecular weight excluding hydrogens is 444 g/mol. The third kappa shape index (κ3) is 5.09. The Morgan fingerprint density at radius 3 is 2.54 bits per heavy atom. The van der Waals surface area contributed by atoms with Crippen molar-refractivity contribution in [2.45, 2.75) is 31.9 Å². The SMILES string of the molecule is C[C@@]1(C2CCN(CC(=O)N3CC(=O)Nc4ccccc43)CC2)CN(Cc2ccccc2)C(=O)CO1. The van der Waals surface area contributed by atoms with E-state index < -0.39 is 5.60 Å². The molecule has 35 heavy (non-hydrogen) atoms. The van der Waals surface area contributed by atoms with Gasteiger partial charge < -0.3 is 15.0 Å². The summed E-state index contributed by atoms with van der Waals surface area (Å²) in [7, 11) is 0. The molecule has 184 valence electrons. The molecule has 1 N–H and O–H groups in total. The van der Waals surface area contributed by atoms with Crippen molar-refractivity contribution in [1.29, 1.82) is 0 Å². The maximum atomic E-state index is 13.1. The molecule has 2 aromatic carbocycles. The molecule has 0 aliphatic carbocycles. The Morgan fingerprint density at radius 1 is 1.06 bits per heavy atom. The number of morpholine rings is 1. The van der Waals surface area contributed by atoms with Gasteiger partial charge in [0.25, 0.3) is 0 Å². The number of nitrogens with zero attached hydrogens (tertiary/aromatic N) is 3. The van der Waals surface area contributed by atoms with Crippen LogP contribution in [-0.2, 0) is 25.7 Å². The number of benzene rings is 2. The smallest absolute Gasteiger partial charge is 0.248 e. The van der Waals surface area contributed by atoms with Gasteiger partial charge in [0.05, 0.1) is 30.1 Å². The zero-order valence-corrected chi connectivity index (χ0v) is 20.1. The summed E-state index contributed by atoms with van der Waals surface area (Å²) in [5.41, 5.74) is 2.14. The molecule has 3 aliphatic rings. The van der Waals surface area contributed by atoms with Crippen LogP contribution >= 0.6 is 0 Å². The fraction of sp³-hybridized carbons (Fsp3) is 0.444. The maximum absolute atomic E-state index is 13.1. The molecule has 0 bridgehead atoms. The normalized spacial score (nSPS) is 23.7. The highest BCUT2D eigenvalue weighted by Crippen LogP contribution is 2.35. The summed E-state index contributed by atoms with van der Waals surface area (Å²) in [4.78, 5) is 43.4.